The largest absolute Gasteiger partial charge is 0.449 e. The number of piperidine rings is 1. The first kappa shape index (κ1) is 14.2. The monoisotopic (exact) mass is 309 g/mol. The fraction of sp³-hybridized carbons (Fsp3) is 0.333. The van der Waals surface area contributed by atoms with Crippen molar-refractivity contribution in [1.29, 1.82) is 0 Å². The number of pyridine rings is 1. The van der Waals surface area contributed by atoms with Gasteiger partial charge in [-0.2, -0.15) is 0 Å². The molecule has 1 aliphatic rings. The Morgan fingerprint density at radius 3 is 2.87 bits per heavy atom. The first-order valence-corrected chi connectivity index (χ1v) is 8.02. The van der Waals surface area contributed by atoms with Gasteiger partial charge in [-0.25, -0.2) is 4.98 Å². The fourth-order valence-corrected chi connectivity index (χ4v) is 3.33. The number of fused-ring (bicyclic) bond motifs is 1. The van der Waals surface area contributed by atoms with Crippen molar-refractivity contribution in [2.24, 2.45) is 0 Å². The quantitative estimate of drug-likeness (QED) is 0.808. The number of benzene rings is 1. The predicted molar refractivity (Wildman–Crippen MR) is 88.3 cm³/mol. The molecule has 3 aromatic rings. The third kappa shape index (κ3) is 2.92. The van der Waals surface area contributed by atoms with E-state index >= 15 is 0 Å². The lowest BCUT2D eigenvalue weighted by atomic mass is 9.96. The molecule has 1 fully saturated rings. The summed E-state index contributed by atoms with van der Waals surface area (Å²) in [6.07, 6.45) is 5.38. The number of H-pyrrole nitrogens is 1. The molecule has 0 amide bonds. The number of oxazole rings is 1. The Kier molecular flexibility index (Phi) is 3.71. The molecular formula is C18H19N3O2. The Hall–Kier alpha value is -2.40. The first-order valence-electron chi connectivity index (χ1n) is 8.02. The number of nitrogens with one attached hydrogen (secondary N) is 1. The van der Waals surface area contributed by atoms with Crippen LogP contribution in [-0.4, -0.2) is 28.0 Å². The van der Waals surface area contributed by atoms with E-state index in [1.54, 1.807) is 12.5 Å². The van der Waals surface area contributed by atoms with Crippen LogP contribution < -0.4 is 5.56 Å². The lowest BCUT2D eigenvalue weighted by molar-refractivity contribution is 0.192. The summed E-state index contributed by atoms with van der Waals surface area (Å²) in [4.78, 5) is 21.8. The van der Waals surface area contributed by atoms with Crippen LogP contribution in [0.1, 0.15) is 30.2 Å². The van der Waals surface area contributed by atoms with E-state index in [0.29, 0.717) is 12.5 Å². The summed E-state index contributed by atoms with van der Waals surface area (Å²) in [7, 11) is 0. The van der Waals surface area contributed by atoms with Crippen LogP contribution in [0.5, 0.6) is 0 Å². The zero-order chi connectivity index (χ0) is 15.6. The predicted octanol–water partition coefficient (Wildman–Crippen LogP) is 2.90. The molecule has 4 rings (SSSR count). The van der Waals surface area contributed by atoms with Crippen molar-refractivity contribution in [2.75, 3.05) is 13.1 Å². The number of aromatic nitrogens is 2. The van der Waals surface area contributed by atoms with Gasteiger partial charge in [-0.05, 0) is 43.5 Å². The number of para-hydroxylation sites is 1. The van der Waals surface area contributed by atoms with E-state index in [9.17, 15) is 4.79 Å². The molecule has 0 saturated carbocycles. The summed E-state index contributed by atoms with van der Waals surface area (Å²) in [5.41, 5.74) is 1.74. The SMILES string of the molecule is O=c1[nH]c2ccccc2cc1CN1CCC(c2ncco2)CC1. The van der Waals surface area contributed by atoms with E-state index in [-0.39, 0.29) is 5.56 Å². The average Bonchev–Trinajstić information content (AvgIpc) is 3.11. The molecule has 1 N–H and O–H groups in total. The van der Waals surface area contributed by atoms with Crippen LogP contribution in [0.2, 0.25) is 0 Å². The molecule has 0 unspecified atom stereocenters. The zero-order valence-electron chi connectivity index (χ0n) is 12.9. The molecule has 0 aliphatic carbocycles. The Morgan fingerprint density at radius 1 is 1.26 bits per heavy atom. The van der Waals surface area contributed by atoms with Gasteiger partial charge in [0.05, 0.1) is 6.20 Å². The van der Waals surface area contributed by atoms with Gasteiger partial charge in [-0.1, -0.05) is 18.2 Å². The second-order valence-electron chi connectivity index (χ2n) is 6.13. The topological polar surface area (TPSA) is 62.1 Å². The third-order valence-corrected chi connectivity index (χ3v) is 4.61. The zero-order valence-corrected chi connectivity index (χ0v) is 12.9. The van der Waals surface area contributed by atoms with Crippen molar-refractivity contribution in [3.63, 3.8) is 0 Å². The summed E-state index contributed by atoms with van der Waals surface area (Å²) >= 11 is 0. The van der Waals surface area contributed by atoms with Gasteiger partial charge in [0.15, 0.2) is 5.89 Å². The second-order valence-corrected chi connectivity index (χ2v) is 6.13. The molecule has 118 valence electrons. The maximum absolute atomic E-state index is 12.3. The molecular weight excluding hydrogens is 290 g/mol. The number of hydrogen-bond donors (Lipinski definition) is 1. The first-order chi connectivity index (χ1) is 11.3. The van der Waals surface area contributed by atoms with Crippen molar-refractivity contribution in [2.45, 2.75) is 25.3 Å². The second kappa shape index (κ2) is 6.01. The smallest absolute Gasteiger partial charge is 0.252 e. The highest BCUT2D eigenvalue weighted by atomic mass is 16.3. The lowest BCUT2D eigenvalue weighted by Crippen LogP contribution is -2.34. The van der Waals surface area contributed by atoms with Crippen molar-refractivity contribution in [3.8, 4) is 0 Å². The Bertz CT molecular complexity index is 846. The molecule has 0 bridgehead atoms. The molecule has 3 heterocycles. The molecule has 0 spiro atoms. The van der Waals surface area contributed by atoms with Crippen LogP contribution in [0.3, 0.4) is 0 Å². The van der Waals surface area contributed by atoms with Crippen LogP contribution in [-0.2, 0) is 6.54 Å². The van der Waals surface area contributed by atoms with Crippen molar-refractivity contribution in [1.82, 2.24) is 14.9 Å². The number of aromatic amines is 1. The number of likely N-dealkylation sites (tertiary alicyclic amines) is 1. The van der Waals surface area contributed by atoms with E-state index in [1.165, 1.54) is 0 Å². The van der Waals surface area contributed by atoms with Gasteiger partial charge in [0.2, 0.25) is 0 Å². The minimum atomic E-state index is 0.0125. The number of rotatable bonds is 3. The van der Waals surface area contributed by atoms with Gasteiger partial charge in [-0.3, -0.25) is 9.69 Å². The van der Waals surface area contributed by atoms with Crippen molar-refractivity contribution in [3.05, 3.63) is 64.6 Å². The highest BCUT2D eigenvalue weighted by molar-refractivity contribution is 5.78. The third-order valence-electron chi connectivity index (χ3n) is 4.61. The number of hydrogen-bond acceptors (Lipinski definition) is 4. The molecule has 5 nitrogen and oxygen atoms in total. The Labute approximate surface area is 134 Å². The van der Waals surface area contributed by atoms with E-state index in [4.69, 9.17) is 4.42 Å². The standard InChI is InChI=1S/C18H19N3O2/c22-17-15(11-14-3-1-2-4-16(14)20-17)12-21-8-5-13(6-9-21)18-19-7-10-23-18/h1-4,7,10-11,13H,5-6,8-9,12H2,(H,20,22). The molecule has 0 radical (unpaired) electrons. The summed E-state index contributed by atoms with van der Waals surface area (Å²) in [5, 5.41) is 1.08. The molecule has 1 aromatic carbocycles. The van der Waals surface area contributed by atoms with Gasteiger partial charge in [0.25, 0.3) is 5.56 Å². The lowest BCUT2D eigenvalue weighted by Gasteiger charge is -2.30. The van der Waals surface area contributed by atoms with Crippen molar-refractivity contribution < 1.29 is 4.42 Å². The molecule has 5 heteroatoms. The van der Waals surface area contributed by atoms with Gasteiger partial charge in [-0.15, -0.1) is 0 Å². The van der Waals surface area contributed by atoms with Crippen LogP contribution >= 0.6 is 0 Å². The minimum absolute atomic E-state index is 0.0125. The van der Waals surface area contributed by atoms with Gasteiger partial charge in [0.1, 0.15) is 6.26 Å². The minimum Gasteiger partial charge on any atom is -0.449 e. The maximum atomic E-state index is 12.3. The summed E-state index contributed by atoms with van der Waals surface area (Å²) in [5.74, 6) is 1.24. The van der Waals surface area contributed by atoms with Crippen LogP contribution in [0.4, 0.5) is 0 Å². The molecule has 23 heavy (non-hydrogen) atoms. The van der Waals surface area contributed by atoms with E-state index < -0.39 is 0 Å². The van der Waals surface area contributed by atoms with Crippen LogP contribution in [0.15, 0.2) is 52.0 Å². The number of nitrogens with zero attached hydrogens (tertiary/aromatic N) is 2. The molecule has 0 atom stereocenters. The molecule has 1 saturated heterocycles. The highest BCUT2D eigenvalue weighted by Crippen LogP contribution is 2.27. The van der Waals surface area contributed by atoms with Crippen molar-refractivity contribution >= 4 is 10.9 Å². The Balaban J connectivity index is 1.47. The Morgan fingerprint density at radius 2 is 2.09 bits per heavy atom. The summed E-state index contributed by atoms with van der Waals surface area (Å²) in [6.45, 7) is 2.61. The highest BCUT2D eigenvalue weighted by Gasteiger charge is 2.24. The van der Waals surface area contributed by atoms with Gasteiger partial charge in [0, 0.05) is 23.5 Å². The average molecular weight is 309 g/mol. The maximum Gasteiger partial charge on any atom is 0.252 e. The van der Waals surface area contributed by atoms with E-state index in [0.717, 1.165) is 48.3 Å². The molecule has 1 aliphatic heterocycles. The van der Waals surface area contributed by atoms with Crippen LogP contribution in [0.25, 0.3) is 10.9 Å². The van der Waals surface area contributed by atoms with Gasteiger partial charge >= 0.3 is 0 Å². The van der Waals surface area contributed by atoms with Gasteiger partial charge < -0.3 is 9.40 Å². The fourth-order valence-electron chi connectivity index (χ4n) is 3.33. The summed E-state index contributed by atoms with van der Waals surface area (Å²) < 4.78 is 5.41. The van der Waals surface area contributed by atoms with E-state index in [2.05, 4.69) is 14.9 Å². The normalized spacial score (nSPS) is 16.9. The van der Waals surface area contributed by atoms with E-state index in [1.807, 2.05) is 30.3 Å². The summed E-state index contributed by atoms with van der Waals surface area (Å²) in [6, 6.07) is 9.90. The van der Waals surface area contributed by atoms with Crippen LogP contribution in [0, 0.1) is 0 Å². The molecule has 2 aromatic heterocycles.